The smallest absolute Gasteiger partial charge is 0.239 e. The molecule has 2 aromatic rings. The number of benzene rings is 1. The van der Waals surface area contributed by atoms with Gasteiger partial charge < -0.3 is 10.1 Å². The molecule has 1 aromatic carbocycles. The molecule has 1 amide bonds. The minimum atomic E-state index is -0.0237. The van der Waals surface area contributed by atoms with Gasteiger partial charge in [-0.05, 0) is 36.7 Å². The van der Waals surface area contributed by atoms with Crippen molar-refractivity contribution in [1.29, 1.82) is 0 Å². The van der Waals surface area contributed by atoms with Crippen molar-refractivity contribution >= 4 is 11.7 Å². The van der Waals surface area contributed by atoms with Crippen LogP contribution in [0, 0.1) is 0 Å². The van der Waals surface area contributed by atoms with Crippen LogP contribution in [0.5, 0.6) is 5.75 Å². The molecule has 3 rings (SSSR count). The third kappa shape index (κ3) is 3.87. The van der Waals surface area contributed by atoms with Gasteiger partial charge in [0.25, 0.3) is 0 Å². The minimum absolute atomic E-state index is 0.0237. The molecule has 0 radical (unpaired) electrons. The molecule has 23 heavy (non-hydrogen) atoms. The van der Waals surface area contributed by atoms with E-state index in [9.17, 15) is 4.79 Å². The van der Waals surface area contributed by atoms with Crippen molar-refractivity contribution in [3.05, 3.63) is 54.2 Å². The summed E-state index contributed by atoms with van der Waals surface area (Å²) in [6.07, 6.45) is 2.71. The number of likely N-dealkylation sites (tertiary alicyclic amines) is 1. The first-order chi connectivity index (χ1) is 11.3. The molecular weight excluding hydrogens is 290 g/mol. The van der Waals surface area contributed by atoms with Crippen molar-refractivity contribution in [2.45, 2.75) is 12.3 Å². The molecule has 1 aromatic heterocycles. The Morgan fingerprint density at radius 1 is 1.30 bits per heavy atom. The highest BCUT2D eigenvalue weighted by Crippen LogP contribution is 2.33. The normalized spacial score (nSPS) is 17.9. The van der Waals surface area contributed by atoms with Crippen LogP contribution in [0.25, 0.3) is 0 Å². The van der Waals surface area contributed by atoms with Crippen molar-refractivity contribution in [3.8, 4) is 5.75 Å². The minimum Gasteiger partial charge on any atom is -0.496 e. The Morgan fingerprint density at radius 2 is 2.13 bits per heavy atom. The van der Waals surface area contributed by atoms with Crippen molar-refractivity contribution in [1.82, 2.24) is 9.88 Å². The van der Waals surface area contributed by atoms with Crippen molar-refractivity contribution in [2.24, 2.45) is 0 Å². The molecule has 1 aliphatic rings. The highest BCUT2D eigenvalue weighted by atomic mass is 16.5. The van der Waals surface area contributed by atoms with Gasteiger partial charge in [-0.15, -0.1) is 0 Å². The summed E-state index contributed by atoms with van der Waals surface area (Å²) in [5.74, 6) is 1.91. The summed E-state index contributed by atoms with van der Waals surface area (Å²) in [6, 6.07) is 13.6. The van der Waals surface area contributed by atoms with Gasteiger partial charge in [0.2, 0.25) is 5.91 Å². The first-order valence-electron chi connectivity index (χ1n) is 7.82. The van der Waals surface area contributed by atoms with E-state index < -0.39 is 0 Å². The number of ether oxygens (including phenoxy) is 1. The number of hydrogen-bond donors (Lipinski definition) is 1. The highest BCUT2D eigenvalue weighted by Gasteiger charge is 2.27. The van der Waals surface area contributed by atoms with Crippen molar-refractivity contribution in [3.63, 3.8) is 0 Å². The summed E-state index contributed by atoms with van der Waals surface area (Å²) >= 11 is 0. The number of aromatic nitrogens is 1. The Hall–Kier alpha value is -2.40. The van der Waals surface area contributed by atoms with E-state index in [1.165, 1.54) is 5.56 Å². The van der Waals surface area contributed by atoms with Crippen LogP contribution < -0.4 is 10.1 Å². The molecule has 1 N–H and O–H groups in total. The molecule has 5 nitrogen and oxygen atoms in total. The van der Waals surface area contributed by atoms with E-state index in [2.05, 4.69) is 21.3 Å². The summed E-state index contributed by atoms with van der Waals surface area (Å²) < 4.78 is 5.45. The van der Waals surface area contributed by atoms with Gasteiger partial charge >= 0.3 is 0 Å². The number of pyridine rings is 1. The van der Waals surface area contributed by atoms with E-state index in [4.69, 9.17) is 4.74 Å². The molecular formula is C18H21N3O2. The lowest BCUT2D eigenvalue weighted by Gasteiger charge is -2.17. The van der Waals surface area contributed by atoms with Gasteiger partial charge in [0.15, 0.2) is 0 Å². The van der Waals surface area contributed by atoms with Crippen LogP contribution >= 0.6 is 0 Å². The topological polar surface area (TPSA) is 54.5 Å². The molecule has 0 spiro atoms. The van der Waals surface area contributed by atoms with Gasteiger partial charge in [0.1, 0.15) is 11.6 Å². The largest absolute Gasteiger partial charge is 0.496 e. The molecule has 0 bridgehead atoms. The molecule has 5 heteroatoms. The van der Waals surface area contributed by atoms with Gasteiger partial charge in [-0.25, -0.2) is 4.98 Å². The molecule has 1 atom stereocenters. The van der Waals surface area contributed by atoms with Crippen molar-refractivity contribution < 1.29 is 9.53 Å². The van der Waals surface area contributed by atoms with Crippen molar-refractivity contribution in [2.75, 3.05) is 32.1 Å². The zero-order valence-electron chi connectivity index (χ0n) is 13.2. The van der Waals surface area contributed by atoms with Crippen LogP contribution in [0.4, 0.5) is 5.82 Å². The van der Waals surface area contributed by atoms with Gasteiger partial charge in [0.05, 0.1) is 13.7 Å². The molecule has 2 heterocycles. The van der Waals surface area contributed by atoms with Gasteiger partial charge in [-0.1, -0.05) is 24.3 Å². The van der Waals surface area contributed by atoms with Crippen LogP contribution in [0.2, 0.25) is 0 Å². The number of para-hydroxylation sites is 1. The quantitative estimate of drug-likeness (QED) is 0.922. The lowest BCUT2D eigenvalue weighted by molar-refractivity contribution is -0.117. The van der Waals surface area contributed by atoms with Crippen LogP contribution in [0.1, 0.15) is 17.9 Å². The first-order valence-corrected chi connectivity index (χ1v) is 7.82. The molecule has 1 saturated heterocycles. The number of nitrogens with zero attached hydrogens (tertiary/aromatic N) is 2. The second-order valence-electron chi connectivity index (χ2n) is 5.73. The molecule has 1 aliphatic heterocycles. The lowest BCUT2D eigenvalue weighted by atomic mass is 9.97. The van der Waals surface area contributed by atoms with E-state index in [1.54, 1.807) is 19.4 Å². The molecule has 120 valence electrons. The number of methoxy groups -OCH3 is 1. The number of hydrogen-bond acceptors (Lipinski definition) is 4. The van der Waals surface area contributed by atoms with E-state index in [-0.39, 0.29) is 5.91 Å². The molecule has 0 aliphatic carbocycles. The van der Waals surface area contributed by atoms with E-state index in [1.807, 2.05) is 30.3 Å². The summed E-state index contributed by atoms with van der Waals surface area (Å²) in [4.78, 5) is 18.4. The second kappa shape index (κ2) is 7.24. The number of amides is 1. The molecule has 1 fully saturated rings. The van der Waals surface area contributed by atoms with E-state index in [0.717, 1.165) is 25.3 Å². The maximum Gasteiger partial charge on any atom is 0.239 e. The maximum absolute atomic E-state index is 12.1. The van der Waals surface area contributed by atoms with E-state index in [0.29, 0.717) is 18.3 Å². The number of nitrogens with one attached hydrogen (secondary N) is 1. The fourth-order valence-electron chi connectivity index (χ4n) is 3.06. The fourth-order valence-corrected chi connectivity index (χ4v) is 3.06. The zero-order valence-corrected chi connectivity index (χ0v) is 13.2. The Labute approximate surface area is 136 Å². The van der Waals surface area contributed by atoms with Gasteiger partial charge in [-0.2, -0.15) is 0 Å². The standard InChI is InChI=1S/C18H21N3O2/c1-23-16-7-3-2-6-15(16)14-9-11-21(12-14)13-18(22)20-17-8-4-5-10-19-17/h2-8,10,14H,9,11-13H2,1H3,(H,19,20,22)/t14-/m1/s1. The summed E-state index contributed by atoms with van der Waals surface area (Å²) in [7, 11) is 1.70. The monoisotopic (exact) mass is 311 g/mol. The van der Waals surface area contributed by atoms with Crippen LogP contribution in [-0.2, 0) is 4.79 Å². The van der Waals surface area contributed by atoms with Crippen LogP contribution in [0.3, 0.4) is 0 Å². The second-order valence-corrected chi connectivity index (χ2v) is 5.73. The fraction of sp³-hybridized carbons (Fsp3) is 0.333. The summed E-state index contributed by atoms with van der Waals surface area (Å²) in [5, 5.41) is 2.83. The predicted molar refractivity (Wildman–Crippen MR) is 89.7 cm³/mol. The van der Waals surface area contributed by atoms with Gasteiger partial charge in [-0.3, -0.25) is 9.69 Å². The SMILES string of the molecule is COc1ccccc1[C@@H]1CCN(CC(=O)Nc2ccccn2)C1. The molecule has 0 unspecified atom stereocenters. The zero-order chi connectivity index (χ0) is 16.1. The Balaban J connectivity index is 1.56. The van der Waals surface area contributed by atoms with E-state index >= 15 is 0 Å². The maximum atomic E-state index is 12.1. The predicted octanol–water partition coefficient (Wildman–Crippen LogP) is 2.52. The lowest BCUT2D eigenvalue weighted by Crippen LogP contribution is -2.31. The van der Waals surface area contributed by atoms with Crippen LogP contribution in [0.15, 0.2) is 48.7 Å². The average molecular weight is 311 g/mol. The Morgan fingerprint density at radius 3 is 2.91 bits per heavy atom. The Bertz CT molecular complexity index is 660. The number of carbonyl (C=O) groups excluding carboxylic acids is 1. The number of carbonyl (C=O) groups is 1. The van der Waals surface area contributed by atoms with Crippen LogP contribution in [-0.4, -0.2) is 42.5 Å². The summed E-state index contributed by atoms with van der Waals surface area (Å²) in [5.41, 5.74) is 1.22. The molecule has 0 saturated carbocycles. The summed E-state index contributed by atoms with van der Waals surface area (Å²) in [6.45, 7) is 2.18. The third-order valence-electron chi connectivity index (χ3n) is 4.15. The third-order valence-corrected chi connectivity index (χ3v) is 4.15. The Kier molecular flexibility index (Phi) is 4.88. The highest BCUT2D eigenvalue weighted by molar-refractivity contribution is 5.91. The number of anilines is 1. The number of rotatable bonds is 5. The van der Waals surface area contributed by atoms with Gasteiger partial charge in [0, 0.05) is 18.7 Å². The first kappa shape index (κ1) is 15.5. The average Bonchev–Trinajstić information content (AvgIpc) is 3.03.